The smallest absolute Gasteiger partial charge is 0.325 e. The van der Waals surface area contributed by atoms with E-state index >= 15 is 0 Å². The molecule has 0 unspecified atom stereocenters. The molecule has 0 spiro atoms. The maximum absolute atomic E-state index is 12.1. The highest BCUT2D eigenvalue weighted by atomic mass is 16.5. The number of likely N-dealkylation sites (tertiary alicyclic amines) is 1. The number of aryl methyl sites for hydroxylation is 2. The van der Waals surface area contributed by atoms with Crippen molar-refractivity contribution in [3.05, 3.63) is 53.0 Å². The van der Waals surface area contributed by atoms with E-state index in [0.717, 1.165) is 42.9 Å². The zero-order valence-corrected chi connectivity index (χ0v) is 17.5. The molecule has 1 aliphatic heterocycles. The lowest BCUT2D eigenvalue weighted by atomic mass is 10.0. The highest BCUT2D eigenvalue weighted by Crippen LogP contribution is 2.37. The number of aromatic nitrogens is 2. The van der Waals surface area contributed by atoms with Gasteiger partial charge < -0.3 is 13.8 Å². The first-order valence-corrected chi connectivity index (χ1v) is 10.5. The number of hydrogen-bond acceptors (Lipinski definition) is 5. The van der Waals surface area contributed by atoms with Gasteiger partial charge in [0.05, 0.1) is 12.3 Å². The molecule has 1 aliphatic rings. The fourth-order valence-electron chi connectivity index (χ4n) is 4.59. The van der Waals surface area contributed by atoms with Crippen molar-refractivity contribution in [2.75, 3.05) is 13.2 Å². The molecular weight excluding hydrogens is 366 g/mol. The zero-order valence-electron chi connectivity index (χ0n) is 17.5. The van der Waals surface area contributed by atoms with Gasteiger partial charge in [-0.1, -0.05) is 30.3 Å². The molecule has 29 heavy (non-hydrogen) atoms. The average Bonchev–Trinajstić information content (AvgIpc) is 3.40. The molecule has 0 bridgehead atoms. The van der Waals surface area contributed by atoms with Crippen LogP contribution in [0.3, 0.4) is 0 Å². The summed E-state index contributed by atoms with van der Waals surface area (Å²) >= 11 is 0. The van der Waals surface area contributed by atoms with Crippen LogP contribution >= 0.6 is 0 Å². The summed E-state index contributed by atoms with van der Waals surface area (Å²) in [6.07, 6.45) is 5.26. The minimum atomic E-state index is -0.202. The van der Waals surface area contributed by atoms with Crippen LogP contribution in [0, 0.1) is 6.92 Å². The van der Waals surface area contributed by atoms with E-state index in [2.05, 4.69) is 41.4 Å². The van der Waals surface area contributed by atoms with E-state index in [1.807, 2.05) is 24.5 Å². The predicted molar refractivity (Wildman–Crippen MR) is 112 cm³/mol. The van der Waals surface area contributed by atoms with Crippen molar-refractivity contribution in [2.45, 2.75) is 59.2 Å². The maximum Gasteiger partial charge on any atom is 0.325 e. The number of carbonyl (C=O) groups is 1. The second-order valence-electron chi connectivity index (χ2n) is 7.69. The number of esters is 1. The second kappa shape index (κ2) is 8.41. The number of nitrogens with zero attached hydrogens (tertiary/aromatic N) is 3. The Kier molecular flexibility index (Phi) is 5.72. The summed E-state index contributed by atoms with van der Waals surface area (Å²) in [5.41, 5.74) is 4.58. The van der Waals surface area contributed by atoms with Crippen molar-refractivity contribution in [1.29, 1.82) is 0 Å². The molecule has 1 fully saturated rings. The van der Waals surface area contributed by atoms with Crippen LogP contribution in [-0.2, 0) is 29.0 Å². The molecule has 0 N–H and O–H groups in total. The molecule has 1 saturated heterocycles. The third kappa shape index (κ3) is 3.81. The van der Waals surface area contributed by atoms with Crippen LogP contribution in [0.4, 0.5) is 0 Å². The van der Waals surface area contributed by atoms with E-state index < -0.39 is 0 Å². The van der Waals surface area contributed by atoms with E-state index in [1.54, 1.807) is 0 Å². The fraction of sp³-hybridized carbons (Fsp3) is 0.478. The number of fused-ring (bicyclic) bond motifs is 1. The fourth-order valence-corrected chi connectivity index (χ4v) is 4.59. The monoisotopic (exact) mass is 395 g/mol. The van der Waals surface area contributed by atoms with Gasteiger partial charge >= 0.3 is 5.97 Å². The van der Waals surface area contributed by atoms with Crippen LogP contribution in [0.5, 0.6) is 0 Å². The Labute approximate surface area is 171 Å². The first-order valence-electron chi connectivity index (χ1n) is 10.5. The largest absolute Gasteiger partial charge is 0.465 e. The number of ether oxygens (including phenoxy) is 1. The molecule has 1 atom stereocenters. The average molecular weight is 396 g/mol. The van der Waals surface area contributed by atoms with Crippen LogP contribution < -0.4 is 0 Å². The van der Waals surface area contributed by atoms with Gasteiger partial charge in [-0.05, 0) is 44.9 Å². The van der Waals surface area contributed by atoms with Crippen molar-refractivity contribution in [3.8, 4) is 0 Å². The molecule has 0 aliphatic carbocycles. The molecule has 2 aromatic heterocycles. The molecule has 1 aromatic carbocycles. The number of para-hydroxylation sites is 1. The van der Waals surface area contributed by atoms with Gasteiger partial charge in [-0.3, -0.25) is 9.69 Å². The Morgan fingerprint density at radius 3 is 2.93 bits per heavy atom. The molecule has 0 saturated carbocycles. The van der Waals surface area contributed by atoms with Crippen molar-refractivity contribution in [3.63, 3.8) is 0 Å². The van der Waals surface area contributed by atoms with E-state index in [9.17, 15) is 4.79 Å². The van der Waals surface area contributed by atoms with Crippen LogP contribution in [0.15, 0.2) is 35.0 Å². The lowest BCUT2D eigenvalue weighted by Crippen LogP contribution is -2.23. The standard InChI is InChI=1S/C23H29N3O3/c1-4-21-23(16(3)24-29-21)20-11-8-12-25(20)13-17-14-26(15-22(27)28-5-2)19-10-7-6-9-18(17)19/h6-7,9-10,14,20H,4-5,8,11-13,15H2,1-3H3/t20-/m1/s1. The summed E-state index contributed by atoms with van der Waals surface area (Å²) in [6.45, 7) is 8.53. The second-order valence-corrected chi connectivity index (χ2v) is 7.69. The van der Waals surface area contributed by atoms with E-state index in [1.165, 1.54) is 22.9 Å². The lowest BCUT2D eigenvalue weighted by molar-refractivity contribution is -0.143. The Morgan fingerprint density at radius 1 is 1.31 bits per heavy atom. The Balaban J connectivity index is 1.63. The van der Waals surface area contributed by atoms with Crippen molar-refractivity contribution >= 4 is 16.9 Å². The molecule has 6 heteroatoms. The molecule has 4 rings (SSSR count). The van der Waals surface area contributed by atoms with Gasteiger partial charge in [-0.2, -0.15) is 0 Å². The Morgan fingerprint density at radius 2 is 2.14 bits per heavy atom. The molecule has 154 valence electrons. The Hall–Kier alpha value is -2.60. The predicted octanol–water partition coefficient (Wildman–Crippen LogP) is 4.40. The zero-order chi connectivity index (χ0) is 20.4. The number of rotatable bonds is 7. The normalized spacial score (nSPS) is 17.3. The summed E-state index contributed by atoms with van der Waals surface area (Å²) in [5, 5.41) is 5.42. The summed E-state index contributed by atoms with van der Waals surface area (Å²) in [5.74, 6) is 0.802. The quantitative estimate of drug-likeness (QED) is 0.555. The maximum atomic E-state index is 12.1. The van der Waals surface area contributed by atoms with E-state index in [4.69, 9.17) is 9.26 Å². The molecule has 0 amide bonds. The summed E-state index contributed by atoms with van der Waals surface area (Å²) in [6, 6.07) is 8.61. The third-order valence-corrected chi connectivity index (χ3v) is 5.85. The van der Waals surface area contributed by atoms with Gasteiger partial charge in [-0.25, -0.2) is 0 Å². The topological polar surface area (TPSA) is 60.5 Å². The van der Waals surface area contributed by atoms with Crippen molar-refractivity contribution in [1.82, 2.24) is 14.6 Å². The molecule has 6 nitrogen and oxygen atoms in total. The van der Waals surface area contributed by atoms with Crippen LogP contribution in [-0.4, -0.2) is 33.7 Å². The molecule has 3 heterocycles. The number of carbonyl (C=O) groups excluding carboxylic acids is 1. The van der Waals surface area contributed by atoms with Crippen LogP contribution in [0.2, 0.25) is 0 Å². The first-order chi connectivity index (χ1) is 14.1. The van der Waals surface area contributed by atoms with Crippen LogP contribution in [0.25, 0.3) is 10.9 Å². The van der Waals surface area contributed by atoms with Gasteiger partial charge in [0, 0.05) is 41.7 Å². The summed E-state index contributed by atoms with van der Waals surface area (Å²) < 4.78 is 12.7. The van der Waals surface area contributed by atoms with Gasteiger partial charge in [0.25, 0.3) is 0 Å². The van der Waals surface area contributed by atoms with Gasteiger partial charge in [0.2, 0.25) is 0 Å². The highest BCUT2D eigenvalue weighted by molar-refractivity contribution is 5.85. The van der Waals surface area contributed by atoms with E-state index in [-0.39, 0.29) is 12.5 Å². The highest BCUT2D eigenvalue weighted by Gasteiger charge is 2.31. The number of benzene rings is 1. The summed E-state index contributed by atoms with van der Waals surface area (Å²) in [4.78, 5) is 14.6. The van der Waals surface area contributed by atoms with Crippen LogP contribution in [0.1, 0.15) is 55.3 Å². The minimum absolute atomic E-state index is 0.202. The molecular formula is C23H29N3O3. The van der Waals surface area contributed by atoms with Crippen molar-refractivity contribution in [2.24, 2.45) is 0 Å². The lowest BCUT2D eigenvalue weighted by Gasteiger charge is -2.24. The van der Waals surface area contributed by atoms with Gasteiger partial charge in [0.15, 0.2) is 0 Å². The van der Waals surface area contributed by atoms with Gasteiger partial charge in [-0.15, -0.1) is 0 Å². The molecule has 3 aromatic rings. The molecule has 0 radical (unpaired) electrons. The van der Waals surface area contributed by atoms with E-state index in [0.29, 0.717) is 12.6 Å². The van der Waals surface area contributed by atoms with Gasteiger partial charge in [0.1, 0.15) is 12.3 Å². The third-order valence-electron chi connectivity index (χ3n) is 5.85. The minimum Gasteiger partial charge on any atom is -0.465 e. The SMILES string of the molecule is CCOC(=O)Cn1cc(CN2CCC[C@@H]2c2c(C)noc2CC)c2ccccc21. The first kappa shape index (κ1) is 19.7. The summed E-state index contributed by atoms with van der Waals surface area (Å²) in [7, 11) is 0. The van der Waals surface area contributed by atoms with Crippen molar-refractivity contribution < 1.29 is 14.1 Å². The Bertz CT molecular complexity index is 1000. The number of hydrogen-bond donors (Lipinski definition) is 0.